The van der Waals surface area contributed by atoms with Gasteiger partial charge in [-0.3, -0.25) is 5.10 Å². The van der Waals surface area contributed by atoms with Crippen LogP contribution >= 0.6 is 0 Å². The number of nitrogens with zero attached hydrogens (tertiary/aromatic N) is 2. The van der Waals surface area contributed by atoms with Crippen LogP contribution in [0.3, 0.4) is 0 Å². The van der Waals surface area contributed by atoms with Crippen LogP contribution in [-0.4, -0.2) is 42.5 Å². The smallest absolute Gasteiger partial charge is 0.191 e. The zero-order valence-electron chi connectivity index (χ0n) is 11.7. The van der Waals surface area contributed by atoms with Crippen molar-refractivity contribution in [2.45, 2.75) is 26.8 Å². The Balaban J connectivity index is 1.85. The molecule has 1 aromatic rings. The quantitative estimate of drug-likeness (QED) is 0.544. The predicted octanol–water partition coefficient (Wildman–Crippen LogP) is 0.810. The van der Waals surface area contributed by atoms with Crippen LogP contribution in [0.15, 0.2) is 11.2 Å². The first-order valence-electron chi connectivity index (χ1n) is 6.88. The molecule has 0 saturated carbocycles. The molecular formula is C13H23N5O. The Labute approximate surface area is 114 Å². The highest BCUT2D eigenvalue weighted by Crippen LogP contribution is 2.10. The van der Waals surface area contributed by atoms with Gasteiger partial charge in [0.1, 0.15) is 0 Å². The fraction of sp³-hybridized carbons (Fsp3) is 0.692. The maximum absolute atomic E-state index is 5.37. The largest absolute Gasteiger partial charge is 0.381 e. The summed E-state index contributed by atoms with van der Waals surface area (Å²) in [6.45, 7) is 8.22. The van der Waals surface area contributed by atoms with Crippen molar-refractivity contribution in [1.29, 1.82) is 0 Å². The molecule has 0 spiro atoms. The molecule has 1 aliphatic rings. The van der Waals surface area contributed by atoms with Gasteiger partial charge in [-0.05, 0) is 20.3 Å². The third-order valence-electron chi connectivity index (χ3n) is 3.27. The number of rotatable bonds is 5. The molecule has 0 amide bonds. The molecule has 6 nitrogen and oxygen atoms in total. The average molecular weight is 265 g/mol. The standard InChI is InChI=1S/C13H23N5O/c1-3-14-13(15-6-11-4-5-19-9-11)16-7-12-8-17-18-10(12)2/h8,11H,3-7,9H2,1-2H3,(H,17,18)(H2,14,15,16). The summed E-state index contributed by atoms with van der Waals surface area (Å²) in [6, 6.07) is 0. The van der Waals surface area contributed by atoms with Gasteiger partial charge in [0.15, 0.2) is 5.96 Å². The van der Waals surface area contributed by atoms with Crippen molar-refractivity contribution in [1.82, 2.24) is 20.8 Å². The van der Waals surface area contributed by atoms with Gasteiger partial charge in [0.2, 0.25) is 0 Å². The lowest BCUT2D eigenvalue weighted by atomic mass is 10.1. The first-order valence-corrected chi connectivity index (χ1v) is 6.88. The van der Waals surface area contributed by atoms with Gasteiger partial charge in [-0.1, -0.05) is 0 Å². The molecule has 19 heavy (non-hydrogen) atoms. The second-order valence-electron chi connectivity index (χ2n) is 4.83. The maximum Gasteiger partial charge on any atom is 0.191 e. The van der Waals surface area contributed by atoms with Crippen LogP contribution in [0.1, 0.15) is 24.6 Å². The fourth-order valence-electron chi connectivity index (χ4n) is 2.03. The summed E-state index contributed by atoms with van der Waals surface area (Å²) in [5, 5.41) is 13.6. The number of nitrogens with one attached hydrogen (secondary N) is 3. The van der Waals surface area contributed by atoms with E-state index in [9.17, 15) is 0 Å². The van der Waals surface area contributed by atoms with E-state index >= 15 is 0 Å². The van der Waals surface area contributed by atoms with E-state index in [2.05, 4.69) is 32.7 Å². The lowest BCUT2D eigenvalue weighted by Gasteiger charge is -2.13. The summed E-state index contributed by atoms with van der Waals surface area (Å²) in [4.78, 5) is 4.57. The van der Waals surface area contributed by atoms with Crippen molar-refractivity contribution in [3.63, 3.8) is 0 Å². The lowest BCUT2D eigenvalue weighted by molar-refractivity contribution is 0.186. The highest BCUT2D eigenvalue weighted by Gasteiger charge is 2.15. The molecule has 6 heteroatoms. The van der Waals surface area contributed by atoms with Gasteiger partial charge in [0.05, 0.1) is 19.3 Å². The van der Waals surface area contributed by atoms with Crippen LogP contribution in [0.25, 0.3) is 0 Å². The normalized spacial score (nSPS) is 19.7. The van der Waals surface area contributed by atoms with Crippen LogP contribution in [0.5, 0.6) is 0 Å². The summed E-state index contributed by atoms with van der Waals surface area (Å²) < 4.78 is 5.37. The van der Waals surface area contributed by atoms with Gasteiger partial charge in [0, 0.05) is 36.9 Å². The highest BCUT2D eigenvalue weighted by atomic mass is 16.5. The number of aromatic amines is 1. The molecule has 1 fully saturated rings. The summed E-state index contributed by atoms with van der Waals surface area (Å²) in [5.74, 6) is 1.45. The number of aliphatic imine (C=N–C) groups is 1. The Kier molecular flexibility index (Phi) is 5.20. The van der Waals surface area contributed by atoms with Crippen molar-refractivity contribution in [3.05, 3.63) is 17.5 Å². The third-order valence-corrected chi connectivity index (χ3v) is 3.27. The van der Waals surface area contributed by atoms with E-state index in [0.717, 1.165) is 49.9 Å². The monoisotopic (exact) mass is 265 g/mol. The van der Waals surface area contributed by atoms with Crippen molar-refractivity contribution < 1.29 is 4.74 Å². The number of H-pyrrole nitrogens is 1. The van der Waals surface area contributed by atoms with E-state index in [1.54, 1.807) is 0 Å². The molecule has 1 unspecified atom stereocenters. The molecular weight excluding hydrogens is 242 g/mol. The molecule has 3 N–H and O–H groups in total. The highest BCUT2D eigenvalue weighted by molar-refractivity contribution is 5.79. The molecule has 0 aromatic carbocycles. The van der Waals surface area contributed by atoms with Crippen molar-refractivity contribution in [2.24, 2.45) is 10.9 Å². The van der Waals surface area contributed by atoms with Crippen molar-refractivity contribution in [2.75, 3.05) is 26.3 Å². The number of guanidine groups is 1. The molecule has 2 rings (SSSR count). The summed E-state index contributed by atoms with van der Waals surface area (Å²) in [7, 11) is 0. The summed E-state index contributed by atoms with van der Waals surface area (Å²) in [6.07, 6.45) is 2.96. The summed E-state index contributed by atoms with van der Waals surface area (Å²) in [5.41, 5.74) is 2.20. The first kappa shape index (κ1) is 13.9. The van der Waals surface area contributed by atoms with Gasteiger partial charge in [-0.2, -0.15) is 5.10 Å². The van der Waals surface area contributed by atoms with Crippen LogP contribution in [0.4, 0.5) is 0 Å². The minimum atomic E-state index is 0.597. The van der Waals surface area contributed by atoms with E-state index < -0.39 is 0 Å². The zero-order valence-corrected chi connectivity index (χ0v) is 11.7. The van der Waals surface area contributed by atoms with Gasteiger partial charge < -0.3 is 15.4 Å². The number of hydrogen-bond acceptors (Lipinski definition) is 3. The van der Waals surface area contributed by atoms with Gasteiger partial charge in [0.25, 0.3) is 0 Å². The molecule has 0 radical (unpaired) electrons. The molecule has 1 aliphatic heterocycles. The Hall–Kier alpha value is -1.56. The van der Waals surface area contributed by atoms with Crippen LogP contribution in [0, 0.1) is 12.8 Å². The predicted molar refractivity (Wildman–Crippen MR) is 75.1 cm³/mol. The van der Waals surface area contributed by atoms with E-state index in [-0.39, 0.29) is 0 Å². The van der Waals surface area contributed by atoms with Crippen LogP contribution in [-0.2, 0) is 11.3 Å². The Bertz CT molecular complexity index is 409. The number of aryl methyl sites for hydroxylation is 1. The minimum Gasteiger partial charge on any atom is -0.381 e. The molecule has 0 bridgehead atoms. The molecule has 2 heterocycles. The first-order chi connectivity index (χ1) is 9.29. The third kappa shape index (κ3) is 4.24. The second-order valence-corrected chi connectivity index (χ2v) is 4.83. The fourth-order valence-corrected chi connectivity index (χ4v) is 2.03. The van der Waals surface area contributed by atoms with Gasteiger partial charge in [-0.15, -0.1) is 0 Å². The lowest BCUT2D eigenvalue weighted by Crippen LogP contribution is -2.39. The van der Waals surface area contributed by atoms with Crippen molar-refractivity contribution >= 4 is 5.96 Å². The number of ether oxygens (including phenoxy) is 1. The molecule has 0 aliphatic carbocycles. The molecule has 1 aromatic heterocycles. The SMILES string of the molecule is CCNC(=NCc1cn[nH]c1C)NCC1CCOC1. The maximum atomic E-state index is 5.37. The van der Waals surface area contributed by atoms with E-state index in [4.69, 9.17) is 4.74 Å². The van der Waals surface area contributed by atoms with E-state index in [0.29, 0.717) is 12.5 Å². The van der Waals surface area contributed by atoms with E-state index in [1.807, 2.05) is 13.1 Å². The van der Waals surface area contributed by atoms with Crippen LogP contribution in [0.2, 0.25) is 0 Å². The number of hydrogen-bond donors (Lipinski definition) is 3. The molecule has 1 saturated heterocycles. The van der Waals surface area contributed by atoms with Crippen LogP contribution < -0.4 is 10.6 Å². The Morgan fingerprint density at radius 2 is 2.47 bits per heavy atom. The zero-order chi connectivity index (χ0) is 13.5. The molecule has 1 atom stereocenters. The van der Waals surface area contributed by atoms with Gasteiger partial charge >= 0.3 is 0 Å². The Morgan fingerprint density at radius 3 is 3.11 bits per heavy atom. The van der Waals surface area contributed by atoms with E-state index in [1.165, 1.54) is 0 Å². The minimum absolute atomic E-state index is 0.597. The topological polar surface area (TPSA) is 74.3 Å². The van der Waals surface area contributed by atoms with Crippen molar-refractivity contribution in [3.8, 4) is 0 Å². The second kappa shape index (κ2) is 7.13. The molecule has 106 valence electrons. The number of aromatic nitrogens is 2. The van der Waals surface area contributed by atoms with Gasteiger partial charge in [-0.25, -0.2) is 4.99 Å². The average Bonchev–Trinajstić information content (AvgIpc) is 3.04. The summed E-state index contributed by atoms with van der Waals surface area (Å²) >= 11 is 0. The Morgan fingerprint density at radius 1 is 1.58 bits per heavy atom.